The zero-order chi connectivity index (χ0) is 18.6. The lowest BCUT2D eigenvalue weighted by atomic mass is 9.95. The van der Waals surface area contributed by atoms with Crippen LogP contribution in [0.3, 0.4) is 0 Å². The van der Waals surface area contributed by atoms with Gasteiger partial charge in [0.25, 0.3) is 5.91 Å². The number of rotatable bonds is 4. The van der Waals surface area contributed by atoms with Crippen LogP contribution in [0.15, 0.2) is 48.5 Å². The highest BCUT2D eigenvalue weighted by Gasteiger charge is 2.34. The molecule has 2 N–H and O–H groups in total. The first kappa shape index (κ1) is 18.3. The number of hydrogen-bond donors (Lipinski definition) is 2. The van der Waals surface area contributed by atoms with Gasteiger partial charge in [-0.2, -0.15) is 13.2 Å². The van der Waals surface area contributed by atoms with Crippen molar-refractivity contribution in [3.05, 3.63) is 59.7 Å². The number of carbonyl (C=O) groups excluding carboxylic acids is 1. The molecule has 1 saturated carbocycles. The summed E-state index contributed by atoms with van der Waals surface area (Å²) in [7, 11) is 0. The first-order chi connectivity index (χ1) is 12.4. The number of benzene rings is 2. The summed E-state index contributed by atoms with van der Waals surface area (Å²) in [5.74, 6) is -0.772. The molecule has 2 aromatic rings. The molecule has 0 atom stereocenters. The van der Waals surface area contributed by atoms with E-state index in [1.54, 1.807) is 12.1 Å². The normalized spacial score (nSPS) is 15.5. The predicted octanol–water partition coefficient (Wildman–Crippen LogP) is 5.70. The van der Waals surface area contributed by atoms with Crippen molar-refractivity contribution in [2.24, 2.45) is 0 Å². The summed E-state index contributed by atoms with van der Waals surface area (Å²) in [6.45, 7) is 0. The molecule has 0 bridgehead atoms. The van der Waals surface area contributed by atoms with Crippen LogP contribution in [-0.4, -0.2) is 11.9 Å². The molecule has 3 rings (SSSR count). The Kier molecular flexibility index (Phi) is 5.49. The summed E-state index contributed by atoms with van der Waals surface area (Å²) in [6.07, 6.45) is 1.46. The fourth-order valence-electron chi connectivity index (χ4n) is 3.26. The van der Waals surface area contributed by atoms with E-state index in [0.29, 0.717) is 11.7 Å². The monoisotopic (exact) mass is 362 g/mol. The molecule has 1 amide bonds. The smallest absolute Gasteiger partial charge is 0.382 e. The lowest BCUT2D eigenvalue weighted by Gasteiger charge is -2.24. The Hall–Kier alpha value is -2.50. The Balaban J connectivity index is 1.67. The highest BCUT2D eigenvalue weighted by atomic mass is 19.4. The quantitative estimate of drug-likeness (QED) is 0.732. The zero-order valence-electron chi connectivity index (χ0n) is 14.3. The fraction of sp³-hybridized carbons (Fsp3) is 0.350. The van der Waals surface area contributed by atoms with Gasteiger partial charge in [0.15, 0.2) is 0 Å². The average Bonchev–Trinajstić information content (AvgIpc) is 2.63. The van der Waals surface area contributed by atoms with Gasteiger partial charge in [0, 0.05) is 17.4 Å². The second-order valence-corrected chi connectivity index (χ2v) is 6.55. The number of hydrogen-bond acceptors (Lipinski definition) is 2. The van der Waals surface area contributed by atoms with Crippen molar-refractivity contribution in [1.29, 1.82) is 0 Å². The Labute approximate surface area is 150 Å². The second kappa shape index (κ2) is 7.81. The maximum Gasteiger partial charge on any atom is 0.417 e. The predicted molar refractivity (Wildman–Crippen MR) is 96.3 cm³/mol. The Morgan fingerprint density at radius 1 is 0.885 bits per heavy atom. The lowest BCUT2D eigenvalue weighted by molar-refractivity contribution is -0.137. The van der Waals surface area contributed by atoms with Crippen molar-refractivity contribution < 1.29 is 18.0 Å². The molecule has 0 saturated heterocycles. The highest BCUT2D eigenvalue weighted by molar-refractivity contribution is 6.05. The van der Waals surface area contributed by atoms with Gasteiger partial charge in [-0.1, -0.05) is 31.4 Å². The van der Waals surface area contributed by atoms with Gasteiger partial charge >= 0.3 is 6.18 Å². The minimum Gasteiger partial charge on any atom is -0.382 e. The van der Waals surface area contributed by atoms with E-state index in [0.717, 1.165) is 24.6 Å². The van der Waals surface area contributed by atoms with E-state index in [1.807, 2.05) is 12.1 Å². The minimum absolute atomic E-state index is 0.385. The molecule has 0 unspecified atom stereocenters. The van der Waals surface area contributed by atoms with E-state index < -0.39 is 17.6 Å². The summed E-state index contributed by atoms with van der Waals surface area (Å²) in [5, 5.41) is 6.00. The largest absolute Gasteiger partial charge is 0.417 e. The van der Waals surface area contributed by atoms with Crippen LogP contribution in [0.2, 0.25) is 0 Å². The average molecular weight is 362 g/mol. The molecular weight excluding hydrogens is 341 g/mol. The van der Waals surface area contributed by atoms with Crippen LogP contribution in [0.5, 0.6) is 0 Å². The fourth-order valence-corrected chi connectivity index (χ4v) is 3.26. The number of halogens is 3. The van der Waals surface area contributed by atoms with Crippen LogP contribution >= 0.6 is 0 Å². The van der Waals surface area contributed by atoms with E-state index in [-0.39, 0.29) is 5.56 Å². The SMILES string of the molecule is O=C(Nc1ccc(NC2CCCCC2)cc1)c1ccccc1C(F)(F)F. The van der Waals surface area contributed by atoms with Crippen LogP contribution in [0.25, 0.3) is 0 Å². The van der Waals surface area contributed by atoms with Gasteiger partial charge in [-0.15, -0.1) is 0 Å². The standard InChI is InChI=1S/C20H21F3N2O/c21-20(22,23)18-9-5-4-8-17(18)19(26)25-16-12-10-15(11-13-16)24-14-6-2-1-3-7-14/h4-5,8-14,24H,1-3,6-7H2,(H,25,26). The van der Waals surface area contributed by atoms with Gasteiger partial charge in [-0.05, 0) is 49.2 Å². The molecule has 3 nitrogen and oxygen atoms in total. The third-order valence-electron chi connectivity index (χ3n) is 4.60. The number of alkyl halides is 3. The van der Waals surface area contributed by atoms with E-state index in [1.165, 1.54) is 37.5 Å². The van der Waals surface area contributed by atoms with Crippen LogP contribution in [0.1, 0.15) is 48.0 Å². The topological polar surface area (TPSA) is 41.1 Å². The minimum atomic E-state index is -4.57. The Bertz CT molecular complexity index is 750. The van der Waals surface area contributed by atoms with E-state index >= 15 is 0 Å². The van der Waals surface area contributed by atoms with Crippen LogP contribution in [0, 0.1) is 0 Å². The molecule has 0 aromatic heterocycles. The van der Waals surface area contributed by atoms with Gasteiger partial charge in [0.1, 0.15) is 0 Å². The molecule has 0 heterocycles. The first-order valence-corrected chi connectivity index (χ1v) is 8.77. The number of carbonyl (C=O) groups is 1. The van der Waals surface area contributed by atoms with Crippen molar-refractivity contribution >= 4 is 17.3 Å². The molecule has 0 spiro atoms. The molecule has 26 heavy (non-hydrogen) atoms. The Morgan fingerprint density at radius 2 is 1.50 bits per heavy atom. The maximum atomic E-state index is 13.0. The van der Waals surface area contributed by atoms with Gasteiger partial charge in [-0.3, -0.25) is 4.79 Å². The van der Waals surface area contributed by atoms with Crippen molar-refractivity contribution in [1.82, 2.24) is 0 Å². The molecule has 0 radical (unpaired) electrons. The lowest BCUT2D eigenvalue weighted by Crippen LogP contribution is -2.22. The third-order valence-corrected chi connectivity index (χ3v) is 4.60. The number of anilines is 2. The van der Waals surface area contributed by atoms with Gasteiger partial charge < -0.3 is 10.6 Å². The maximum absolute atomic E-state index is 13.0. The van der Waals surface area contributed by atoms with Crippen LogP contribution < -0.4 is 10.6 Å². The molecule has 1 aliphatic rings. The van der Waals surface area contributed by atoms with Gasteiger partial charge in [0.2, 0.25) is 0 Å². The summed E-state index contributed by atoms with van der Waals surface area (Å²) in [6, 6.07) is 12.3. The van der Waals surface area contributed by atoms with Crippen molar-refractivity contribution in [2.45, 2.75) is 44.3 Å². The van der Waals surface area contributed by atoms with Crippen molar-refractivity contribution in [3.8, 4) is 0 Å². The van der Waals surface area contributed by atoms with Gasteiger partial charge in [0.05, 0.1) is 11.1 Å². The zero-order valence-corrected chi connectivity index (χ0v) is 14.3. The number of nitrogens with one attached hydrogen (secondary N) is 2. The third kappa shape index (κ3) is 4.56. The summed E-state index contributed by atoms with van der Waals surface area (Å²) < 4.78 is 39.1. The van der Waals surface area contributed by atoms with E-state index in [9.17, 15) is 18.0 Å². The van der Waals surface area contributed by atoms with Crippen LogP contribution in [-0.2, 0) is 6.18 Å². The summed E-state index contributed by atoms with van der Waals surface area (Å²) >= 11 is 0. The highest BCUT2D eigenvalue weighted by Crippen LogP contribution is 2.32. The Morgan fingerprint density at radius 3 is 2.15 bits per heavy atom. The molecule has 1 aliphatic carbocycles. The molecular formula is C20H21F3N2O. The molecule has 1 fully saturated rings. The molecule has 6 heteroatoms. The summed E-state index contributed by atoms with van der Waals surface area (Å²) in [4.78, 5) is 12.3. The van der Waals surface area contributed by atoms with Crippen LogP contribution in [0.4, 0.5) is 24.5 Å². The van der Waals surface area contributed by atoms with Crippen molar-refractivity contribution in [3.63, 3.8) is 0 Å². The first-order valence-electron chi connectivity index (χ1n) is 8.77. The van der Waals surface area contributed by atoms with Gasteiger partial charge in [-0.25, -0.2) is 0 Å². The van der Waals surface area contributed by atoms with Crippen molar-refractivity contribution in [2.75, 3.05) is 10.6 Å². The summed E-state index contributed by atoms with van der Waals surface area (Å²) in [5.41, 5.74) is 0.0873. The second-order valence-electron chi connectivity index (χ2n) is 6.55. The molecule has 2 aromatic carbocycles. The van der Waals surface area contributed by atoms with E-state index in [4.69, 9.17) is 0 Å². The number of amides is 1. The van der Waals surface area contributed by atoms with E-state index in [2.05, 4.69) is 10.6 Å². The molecule has 0 aliphatic heterocycles. The molecule has 138 valence electrons.